The molecule has 0 radical (unpaired) electrons. The molecule has 2 aromatic rings. The van der Waals surface area contributed by atoms with Gasteiger partial charge in [-0.2, -0.15) is 10.1 Å². The fourth-order valence-corrected chi connectivity index (χ4v) is 2.90. The monoisotopic (exact) mass is 354 g/mol. The molecule has 2 aliphatic heterocycles. The van der Waals surface area contributed by atoms with Crippen LogP contribution in [0.3, 0.4) is 0 Å². The van der Waals surface area contributed by atoms with Gasteiger partial charge in [-0.1, -0.05) is 17.7 Å². The van der Waals surface area contributed by atoms with Crippen LogP contribution in [0, 0.1) is 0 Å². The highest BCUT2D eigenvalue weighted by Crippen LogP contribution is 2.22. The zero-order chi connectivity index (χ0) is 17.4. The zero-order valence-electron chi connectivity index (χ0n) is 13.5. The number of rotatable bonds is 4. The first-order chi connectivity index (χ1) is 12.2. The standard InChI is InChI=1S/C17H15ClN6O/c1-2-23-11-13(9-20-23)24-14-4-3-7-22(16(14)21-17(24)25)10-12-5-6-15(18)19-8-12/h3-9,11H,2,10H2,1H3. The van der Waals surface area contributed by atoms with Crippen LogP contribution < -0.4 is 5.69 Å². The van der Waals surface area contributed by atoms with Gasteiger partial charge in [0, 0.05) is 25.1 Å². The van der Waals surface area contributed by atoms with Gasteiger partial charge in [-0.25, -0.2) is 9.78 Å². The number of hydrogen-bond donors (Lipinski definition) is 0. The molecule has 2 aliphatic rings. The zero-order valence-corrected chi connectivity index (χ0v) is 14.3. The summed E-state index contributed by atoms with van der Waals surface area (Å²) in [6, 6.07) is 7.42. The second kappa shape index (κ2) is 6.18. The van der Waals surface area contributed by atoms with Crippen molar-refractivity contribution in [2.45, 2.75) is 20.0 Å². The van der Waals surface area contributed by atoms with Crippen LogP contribution in [0.25, 0.3) is 17.2 Å². The molecule has 7 nitrogen and oxygen atoms in total. The Labute approximate surface area is 148 Å². The molecular weight excluding hydrogens is 340 g/mol. The van der Waals surface area contributed by atoms with E-state index in [2.05, 4.69) is 15.1 Å². The molecule has 0 saturated carbocycles. The van der Waals surface area contributed by atoms with Crippen molar-refractivity contribution >= 4 is 11.6 Å². The maximum Gasteiger partial charge on any atom is 0.354 e. The van der Waals surface area contributed by atoms with Gasteiger partial charge in [-0.3, -0.25) is 9.25 Å². The summed E-state index contributed by atoms with van der Waals surface area (Å²) in [4.78, 5) is 20.8. The van der Waals surface area contributed by atoms with Gasteiger partial charge >= 0.3 is 5.69 Å². The summed E-state index contributed by atoms with van der Waals surface area (Å²) >= 11 is 5.83. The van der Waals surface area contributed by atoms with E-state index < -0.39 is 0 Å². The fourth-order valence-electron chi connectivity index (χ4n) is 2.78. The van der Waals surface area contributed by atoms with Crippen molar-refractivity contribution in [2.24, 2.45) is 0 Å². The Morgan fingerprint density at radius 3 is 2.80 bits per heavy atom. The minimum atomic E-state index is -0.320. The molecule has 0 bridgehead atoms. The minimum absolute atomic E-state index is 0.320. The number of nitrogens with zero attached hydrogens (tertiary/aromatic N) is 6. The van der Waals surface area contributed by atoms with E-state index in [1.54, 1.807) is 27.7 Å². The second-order valence-electron chi connectivity index (χ2n) is 5.62. The number of hydrogen-bond acceptors (Lipinski definition) is 4. The molecule has 0 N–H and O–H groups in total. The van der Waals surface area contributed by atoms with Crippen LogP contribution >= 0.6 is 11.6 Å². The largest absolute Gasteiger partial charge is 0.354 e. The molecule has 0 atom stereocenters. The Hall–Kier alpha value is -2.93. The van der Waals surface area contributed by atoms with Crippen molar-refractivity contribution in [1.82, 2.24) is 28.9 Å². The van der Waals surface area contributed by atoms with Crippen LogP contribution in [0.4, 0.5) is 0 Å². The van der Waals surface area contributed by atoms with Crippen molar-refractivity contribution in [3.05, 3.63) is 70.3 Å². The molecule has 0 fully saturated rings. The lowest BCUT2D eigenvalue weighted by molar-refractivity contribution is 0.659. The lowest BCUT2D eigenvalue weighted by Gasteiger charge is -2.12. The predicted octanol–water partition coefficient (Wildman–Crippen LogP) is 2.45. The molecule has 0 unspecified atom stereocenters. The first kappa shape index (κ1) is 15.6. The third-order valence-corrected chi connectivity index (χ3v) is 4.22. The number of pyridine rings is 2. The third kappa shape index (κ3) is 2.83. The lowest BCUT2D eigenvalue weighted by atomic mass is 10.2. The molecule has 2 aromatic heterocycles. The van der Waals surface area contributed by atoms with Crippen LogP contribution in [0.5, 0.6) is 0 Å². The molecule has 126 valence electrons. The van der Waals surface area contributed by atoms with Crippen LogP contribution in [0.1, 0.15) is 12.5 Å². The van der Waals surface area contributed by atoms with Gasteiger partial charge < -0.3 is 4.57 Å². The van der Waals surface area contributed by atoms with Gasteiger partial charge in [-0.15, -0.1) is 0 Å². The Morgan fingerprint density at radius 2 is 2.08 bits per heavy atom. The number of aryl methyl sites for hydroxylation is 1. The van der Waals surface area contributed by atoms with Gasteiger partial charge in [0.05, 0.1) is 24.1 Å². The molecule has 8 heteroatoms. The maximum absolute atomic E-state index is 12.5. The number of halogens is 1. The molecule has 4 heterocycles. The summed E-state index contributed by atoms with van der Waals surface area (Å²) in [5.41, 5.74) is 2.10. The van der Waals surface area contributed by atoms with E-state index in [1.807, 2.05) is 42.1 Å². The summed E-state index contributed by atoms with van der Waals surface area (Å²) in [5.74, 6) is 0.617. The summed E-state index contributed by atoms with van der Waals surface area (Å²) in [7, 11) is 0. The lowest BCUT2D eigenvalue weighted by Crippen LogP contribution is -2.13. The highest BCUT2D eigenvalue weighted by Gasteiger charge is 2.19. The second-order valence-corrected chi connectivity index (χ2v) is 6.01. The highest BCUT2D eigenvalue weighted by molar-refractivity contribution is 6.29. The average molecular weight is 355 g/mol. The normalized spacial score (nSPS) is 11.3. The summed E-state index contributed by atoms with van der Waals surface area (Å²) in [5, 5.41) is 4.69. The molecule has 0 amide bonds. The van der Waals surface area contributed by atoms with E-state index in [9.17, 15) is 4.79 Å². The number of aromatic nitrogens is 6. The molecule has 0 aliphatic carbocycles. The minimum Gasteiger partial charge on any atom is -0.327 e. The van der Waals surface area contributed by atoms with Crippen molar-refractivity contribution in [2.75, 3.05) is 0 Å². The van der Waals surface area contributed by atoms with Crippen molar-refractivity contribution in [3.8, 4) is 17.2 Å². The Balaban J connectivity index is 1.76. The molecular formula is C17H15ClN6O. The van der Waals surface area contributed by atoms with Gasteiger partial charge in [0.1, 0.15) is 5.15 Å². The number of imidazole rings is 1. The fraction of sp³-hybridized carbons (Fsp3) is 0.176. The molecule has 25 heavy (non-hydrogen) atoms. The van der Waals surface area contributed by atoms with E-state index >= 15 is 0 Å². The number of fused-ring (bicyclic) bond motifs is 1. The van der Waals surface area contributed by atoms with Gasteiger partial charge in [0.25, 0.3) is 0 Å². The van der Waals surface area contributed by atoms with Gasteiger partial charge in [-0.05, 0) is 30.7 Å². The van der Waals surface area contributed by atoms with Crippen molar-refractivity contribution < 1.29 is 0 Å². The first-order valence-corrected chi connectivity index (χ1v) is 8.24. The summed E-state index contributed by atoms with van der Waals surface area (Å²) in [6.07, 6.45) is 7.12. The van der Waals surface area contributed by atoms with E-state index in [1.165, 1.54) is 0 Å². The molecule has 4 rings (SSSR count). The molecule has 0 saturated heterocycles. The maximum atomic E-state index is 12.5. The highest BCUT2D eigenvalue weighted by atomic mass is 35.5. The topological polar surface area (TPSA) is 70.5 Å². The Kier molecular flexibility index (Phi) is 3.85. The van der Waals surface area contributed by atoms with Crippen LogP contribution in [0.15, 0.2) is 53.8 Å². The van der Waals surface area contributed by atoms with Crippen molar-refractivity contribution in [1.29, 1.82) is 0 Å². The predicted molar refractivity (Wildman–Crippen MR) is 94.3 cm³/mol. The van der Waals surface area contributed by atoms with Gasteiger partial charge in [0.15, 0.2) is 5.82 Å². The molecule has 0 spiro atoms. The third-order valence-electron chi connectivity index (χ3n) is 4.00. The Bertz CT molecular complexity index is 1050. The summed E-state index contributed by atoms with van der Waals surface area (Å²) < 4.78 is 5.27. The smallest absolute Gasteiger partial charge is 0.327 e. The van der Waals surface area contributed by atoms with Gasteiger partial charge in [0.2, 0.25) is 0 Å². The molecule has 0 aromatic carbocycles. The average Bonchev–Trinajstić information content (AvgIpc) is 3.20. The van der Waals surface area contributed by atoms with Crippen LogP contribution in [-0.4, -0.2) is 28.9 Å². The van der Waals surface area contributed by atoms with E-state index in [-0.39, 0.29) is 5.69 Å². The van der Waals surface area contributed by atoms with Crippen LogP contribution in [0.2, 0.25) is 5.15 Å². The SMILES string of the molecule is CCn1cc(-n2c3cccn(Cc4ccc(Cl)nc4)c-3nc2=O)cn1. The Morgan fingerprint density at radius 1 is 1.20 bits per heavy atom. The van der Waals surface area contributed by atoms with E-state index in [0.29, 0.717) is 23.2 Å². The van der Waals surface area contributed by atoms with Crippen molar-refractivity contribution in [3.63, 3.8) is 0 Å². The van der Waals surface area contributed by atoms with E-state index in [0.717, 1.165) is 17.8 Å². The first-order valence-electron chi connectivity index (χ1n) is 7.87. The van der Waals surface area contributed by atoms with Crippen LogP contribution in [-0.2, 0) is 13.1 Å². The van der Waals surface area contributed by atoms with E-state index in [4.69, 9.17) is 11.6 Å². The quantitative estimate of drug-likeness (QED) is 0.528. The summed E-state index contributed by atoms with van der Waals surface area (Å²) in [6.45, 7) is 3.28.